The first kappa shape index (κ1) is 40.0. The van der Waals surface area contributed by atoms with E-state index in [1.165, 1.54) is 83.5 Å². The molecule has 0 radical (unpaired) electrons. The lowest BCUT2D eigenvalue weighted by Crippen LogP contribution is -2.43. The van der Waals surface area contributed by atoms with Gasteiger partial charge in [-0.1, -0.05) is 224 Å². The van der Waals surface area contributed by atoms with Crippen LogP contribution in [-0.4, -0.2) is 16.6 Å². The van der Waals surface area contributed by atoms with Crippen LogP contribution in [0.5, 0.6) is 5.75 Å². The van der Waals surface area contributed by atoms with E-state index < -0.39 is 10.8 Å². The second-order valence-corrected chi connectivity index (χ2v) is 19.3. The van der Waals surface area contributed by atoms with Crippen LogP contribution in [0.15, 0.2) is 243 Å². The molecule has 1 aromatic heterocycles. The molecule has 15 rings (SSSR count). The summed E-state index contributed by atoms with van der Waals surface area (Å²) in [6, 6.07) is 89.4. The lowest BCUT2D eigenvalue weighted by molar-refractivity contribution is 0.326. The zero-order valence-electron chi connectivity index (χ0n) is 38.8. The summed E-state index contributed by atoms with van der Waals surface area (Å²) < 4.78 is 6.55. The molecule has 0 saturated heterocycles. The van der Waals surface area contributed by atoms with Crippen LogP contribution in [0.25, 0.3) is 78.4 Å². The van der Waals surface area contributed by atoms with Gasteiger partial charge in [0.15, 0.2) is 5.82 Å². The Bertz CT molecular complexity index is 3810. The van der Waals surface area contributed by atoms with E-state index in [0.717, 1.165) is 51.4 Å². The van der Waals surface area contributed by atoms with E-state index in [2.05, 4.69) is 218 Å². The van der Waals surface area contributed by atoms with Gasteiger partial charge in [0.25, 0.3) is 0 Å². The molecule has 11 aromatic rings. The molecule has 0 atom stereocenters. The van der Waals surface area contributed by atoms with Crippen LogP contribution in [0.2, 0.25) is 0 Å². The van der Waals surface area contributed by atoms with Gasteiger partial charge >= 0.3 is 0 Å². The number of para-hydroxylation sites is 1. The van der Waals surface area contributed by atoms with E-state index in [-0.39, 0.29) is 0 Å². The van der Waals surface area contributed by atoms with E-state index in [9.17, 15) is 0 Å². The SMILES string of the molecule is c1ccc(-c2cc(-c3ccc(-c4ccc5c(c4)-c4c(ccc6c4CCOc4ccccc4-6)C54c5ccccc5C5(c6ccccc6-c6ccccc65)c5ccccc54)cc3)nc(-c3ccccc3)n2)cc1. The minimum Gasteiger partial charge on any atom is -0.493 e. The summed E-state index contributed by atoms with van der Waals surface area (Å²) >= 11 is 0. The van der Waals surface area contributed by atoms with Crippen molar-refractivity contribution in [3.8, 4) is 84.2 Å². The number of hydrogen-bond acceptors (Lipinski definition) is 3. The lowest BCUT2D eigenvalue weighted by Gasteiger charge is -2.48. The van der Waals surface area contributed by atoms with Gasteiger partial charge < -0.3 is 4.74 Å². The van der Waals surface area contributed by atoms with E-state index >= 15 is 0 Å². The van der Waals surface area contributed by atoms with Crippen molar-refractivity contribution >= 4 is 0 Å². The van der Waals surface area contributed by atoms with Crippen molar-refractivity contribution in [2.24, 2.45) is 0 Å². The molecule has 332 valence electrons. The average molecular weight is 905 g/mol. The van der Waals surface area contributed by atoms with E-state index in [0.29, 0.717) is 12.4 Å². The molecule has 0 N–H and O–H groups in total. The highest BCUT2D eigenvalue weighted by Gasteiger charge is 2.59. The summed E-state index contributed by atoms with van der Waals surface area (Å²) in [5, 5.41) is 0. The fourth-order valence-corrected chi connectivity index (χ4v) is 13.1. The number of aromatic nitrogens is 2. The first-order valence-corrected chi connectivity index (χ1v) is 24.7. The number of nitrogens with zero attached hydrogens (tertiary/aromatic N) is 2. The zero-order valence-corrected chi connectivity index (χ0v) is 38.8. The number of rotatable bonds is 4. The van der Waals surface area contributed by atoms with Crippen molar-refractivity contribution < 1.29 is 4.74 Å². The Labute approximate surface area is 413 Å². The van der Waals surface area contributed by atoms with Crippen molar-refractivity contribution in [3.05, 3.63) is 293 Å². The molecule has 0 unspecified atom stereocenters. The summed E-state index contributed by atoms with van der Waals surface area (Å²) in [6.45, 7) is 0.606. The summed E-state index contributed by atoms with van der Waals surface area (Å²) in [7, 11) is 0. The highest BCUT2D eigenvalue weighted by atomic mass is 16.5. The van der Waals surface area contributed by atoms with Gasteiger partial charge in [0, 0.05) is 28.7 Å². The number of hydrogen-bond donors (Lipinski definition) is 0. The molecule has 3 heteroatoms. The van der Waals surface area contributed by atoms with E-state index in [1.54, 1.807) is 0 Å². The number of fused-ring (bicyclic) bond motifs is 20. The highest BCUT2D eigenvalue weighted by molar-refractivity contribution is 5.98. The normalized spacial score (nSPS) is 14.4. The summed E-state index contributed by atoms with van der Waals surface area (Å²) in [5.41, 5.74) is 25.8. The molecule has 1 aliphatic heterocycles. The fraction of sp³-hybridized carbons (Fsp3) is 0.0588. The van der Waals surface area contributed by atoms with Crippen LogP contribution in [0.1, 0.15) is 50.1 Å². The number of ether oxygens (including phenoxy) is 1. The quantitative estimate of drug-likeness (QED) is 0.176. The van der Waals surface area contributed by atoms with Gasteiger partial charge in [0.2, 0.25) is 0 Å². The zero-order chi connectivity index (χ0) is 46.7. The van der Waals surface area contributed by atoms with Crippen LogP contribution in [0, 0.1) is 0 Å². The molecule has 71 heavy (non-hydrogen) atoms. The van der Waals surface area contributed by atoms with Crippen molar-refractivity contribution in [2.75, 3.05) is 6.61 Å². The Balaban J connectivity index is 0.954. The van der Waals surface area contributed by atoms with E-state index in [4.69, 9.17) is 14.7 Å². The van der Waals surface area contributed by atoms with Crippen LogP contribution in [-0.2, 0) is 17.3 Å². The third-order valence-electron chi connectivity index (χ3n) is 16.0. The second-order valence-electron chi connectivity index (χ2n) is 19.3. The fourth-order valence-electron chi connectivity index (χ4n) is 13.1. The van der Waals surface area contributed by atoms with Gasteiger partial charge in [-0.3, -0.25) is 0 Å². The first-order chi connectivity index (χ1) is 35.2. The van der Waals surface area contributed by atoms with E-state index in [1.807, 2.05) is 24.3 Å². The largest absolute Gasteiger partial charge is 0.493 e. The minimum absolute atomic E-state index is 0.498. The third kappa shape index (κ3) is 5.55. The average Bonchev–Trinajstić information content (AvgIpc) is 3.84. The summed E-state index contributed by atoms with van der Waals surface area (Å²) in [5.74, 6) is 1.65. The Morgan fingerprint density at radius 3 is 1.38 bits per heavy atom. The molecular weight excluding hydrogens is 861 g/mol. The standard InChI is InChI=1S/C68H44N2O/c1-3-17-44(18-4-1)62-42-63(70-66(69-62)46-19-5-2-6-20-46)45-33-31-43(32-34-45)47-35-37-56-53(41-47)65-52-39-40-71-64-30-16-9-23-51(64)48(52)36-38-61(65)68(56)59-28-14-12-26-57(59)67(58-27-13-15-29-60(58)68)54-24-10-7-21-49(54)50-22-8-11-25-55(50)67/h1-38,41-42H,39-40H2. The van der Waals surface area contributed by atoms with Crippen LogP contribution < -0.4 is 4.74 Å². The lowest BCUT2D eigenvalue weighted by atomic mass is 9.52. The minimum atomic E-state index is -0.598. The van der Waals surface area contributed by atoms with Crippen molar-refractivity contribution in [3.63, 3.8) is 0 Å². The van der Waals surface area contributed by atoms with Crippen LogP contribution >= 0.6 is 0 Å². The maximum Gasteiger partial charge on any atom is 0.160 e. The smallest absolute Gasteiger partial charge is 0.160 e. The van der Waals surface area contributed by atoms with Crippen molar-refractivity contribution in [1.82, 2.24) is 9.97 Å². The maximum absolute atomic E-state index is 6.55. The van der Waals surface area contributed by atoms with Gasteiger partial charge in [0.1, 0.15) is 5.75 Å². The maximum atomic E-state index is 6.55. The molecule has 4 aliphatic rings. The molecule has 10 aromatic carbocycles. The molecule has 2 spiro atoms. The molecule has 0 amide bonds. The van der Waals surface area contributed by atoms with Gasteiger partial charge in [-0.2, -0.15) is 0 Å². The highest BCUT2D eigenvalue weighted by Crippen LogP contribution is 2.68. The summed E-state index contributed by atoms with van der Waals surface area (Å²) in [4.78, 5) is 10.2. The van der Waals surface area contributed by atoms with Crippen molar-refractivity contribution in [2.45, 2.75) is 17.3 Å². The van der Waals surface area contributed by atoms with Crippen LogP contribution in [0.4, 0.5) is 0 Å². The molecule has 2 heterocycles. The Morgan fingerprint density at radius 1 is 0.310 bits per heavy atom. The molecule has 0 saturated carbocycles. The van der Waals surface area contributed by atoms with Gasteiger partial charge in [-0.05, 0) is 107 Å². The third-order valence-corrected chi connectivity index (χ3v) is 16.0. The monoisotopic (exact) mass is 904 g/mol. The van der Waals surface area contributed by atoms with Crippen molar-refractivity contribution in [1.29, 1.82) is 0 Å². The summed E-state index contributed by atoms with van der Waals surface area (Å²) in [6.07, 6.45) is 0.796. The molecule has 3 aliphatic carbocycles. The molecule has 0 bridgehead atoms. The predicted molar refractivity (Wildman–Crippen MR) is 287 cm³/mol. The predicted octanol–water partition coefficient (Wildman–Crippen LogP) is 15.8. The topological polar surface area (TPSA) is 35.0 Å². The Kier molecular flexibility index (Phi) is 8.62. The Hall–Kier alpha value is -8.92. The van der Waals surface area contributed by atoms with Gasteiger partial charge in [-0.25, -0.2) is 9.97 Å². The van der Waals surface area contributed by atoms with Crippen LogP contribution in [0.3, 0.4) is 0 Å². The molecule has 3 nitrogen and oxygen atoms in total. The second kappa shape index (κ2) is 15.3. The molecular formula is C68H44N2O. The number of benzene rings is 10. The Morgan fingerprint density at radius 2 is 0.761 bits per heavy atom. The van der Waals surface area contributed by atoms with Gasteiger partial charge in [0.05, 0.1) is 28.8 Å². The molecule has 0 fully saturated rings. The van der Waals surface area contributed by atoms with Gasteiger partial charge in [-0.15, -0.1) is 0 Å². The first-order valence-electron chi connectivity index (χ1n) is 24.7.